The SMILES string of the molecule is O=C(C1CCN(S(=O)(=O)c2ccc(Br)s2)CC1)N1CC=C(c2ccccc2)CC1. The minimum atomic E-state index is -3.47. The van der Waals surface area contributed by atoms with Crippen LogP contribution in [0.15, 0.2) is 56.5 Å². The number of hydrogen-bond acceptors (Lipinski definition) is 4. The molecule has 29 heavy (non-hydrogen) atoms. The average molecular weight is 495 g/mol. The van der Waals surface area contributed by atoms with Gasteiger partial charge in [0.25, 0.3) is 10.0 Å². The molecule has 0 bridgehead atoms. The molecule has 2 aliphatic rings. The first-order valence-corrected chi connectivity index (χ1v) is 12.8. The Bertz CT molecular complexity index is 1010. The summed E-state index contributed by atoms with van der Waals surface area (Å²) in [5, 5.41) is 0. The van der Waals surface area contributed by atoms with Gasteiger partial charge in [-0.15, -0.1) is 11.3 Å². The minimum absolute atomic E-state index is 0.0943. The molecule has 1 aromatic heterocycles. The second kappa shape index (κ2) is 8.71. The lowest BCUT2D eigenvalue weighted by atomic mass is 9.94. The molecule has 8 heteroatoms. The lowest BCUT2D eigenvalue weighted by molar-refractivity contribution is -0.136. The van der Waals surface area contributed by atoms with Gasteiger partial charge in [0.1, 0.15) is 4.21 Å². The fraction of sp³-hybridized carbons (Fsp3) is 0.381. The van der Waals surface area contributed by atoms with Gasteiger partial charge in [-0.05, 0) is 58.5 Å². The number of amides is 1. The first-order valence-electron chi connectivity index (χ1n) is 9.74. The van der Waals surface area contributed by atoms with Crippen LogP contribution in [0, 0.1) is 5.92 Å². The van der Waals surface area contributed by atoms with E-state index in [0.717, 1.165) is 16.8 Å². The number of sulfonamides is 1. The normalized spacial score (nSPS) is 19.2. The molecule has 0 atom stereocenters. The third kappa shape index (κ3) is 4.50. The zero-order chi connectivity index (χ0) is 20.4. The molecule has 0 saturated carbocycles. The van der Waals surface area contributed by atoms with Crippen molar-refractivity contribution in [3.63, 3.8) is 0 Å². The second-order valence-corrected chi connectivity index (χ2v) is 12.0. The molecule has 0 unspecified atom stereocenters. The number of carbonyl (C=O) groups is 1. The molecule has 4 rings (SSSR count). The highest BCUT2D eigenvalue weighted by Crippen LogP contribution is 2.31. The van der Waals surface area contributed by atoms with Crippen molar-refractivity contribution in [2.45, 2.75) is 23.5 Å². The molecular weight excluding hydrogens is 472 g/mol. The van der Waals surface area contributed by atoms with Gasteiger partial charge in [-0.25, -0.2) is 8.42 Å². The van der Waals surface area contributed by atoms with Crippen LogP contribution in [0.3, 0.4) is 0 Å². The van der Waals surface area contributed by atoms with Crippen LogP contribution < -0.4 is 0 Å². The van der Waals surface area contributed by atoms with Gasteiger partial charge in [0.15, 0.2) is 0 Å². The second-order valence-electron chi connectivity index (χ2n) is 7.37. The van der Waals surface area contributed by atoms with Crippen molar-refractivity contribution in [2.75, 3.05) is 26.2 Å². The van der Waals surface area contributed by atoms with Crippen LogP contribution in [0.1, 0.15) is 24.8 Å². The molecule has 2 aliphatic heterocycles. The fourth-order valence-corrected chi connectivity index (χ4v) is 7.58. The van der Waals surface area contributed by atoms with Crippen molar-refractivity contribution < 1.29 is 13.2 Å². The van der Waals surface area contributed by atoms with E-state index in [1.54, 1.807) is 12.1 Å². The van der Waals surface area contributed by atoms with Gasteiger partial charge >= 0.3 is 0 Å². The summed E-state index contributed by atoms with van der Waals surface area (Å²) in [6, 6.07) is 13.7. The molecule has 0 N–H and O–H groups in total. The van der Waals surface area contributed by atoms with E-state index in [2.05, 4.69) is 34.1 Å². The van der Waals surface area contributed by atoms with Gasteiger partial charge in [0, 0.05) is 32.1 Å². The number of carbonyl (C=O) groups excluding carboxylic acids is 1. The maximum atomic E-state index is 13.0. The summed E-state index contributed by atoms with van der Waals surface area (Å²) >= 11 is 4.54. The summed E-state index contributed by atoms with van der Waals surface area (Å²) in [6.45, 7) is 2.15. The topological polar surface area (TPSA) is 57.7 Å². The standard InChI is InChI=1S/C21H23BrN2O3S2/c22-19-6-7-20(28-19)29(26,27)24-14-10-18(11-15-24)21(25)23-12-8-17(9-13-23)16-4-2-1-3-5-16/h1-8,18H,9-15H2. The van der Waals surface area contributed by atoms with E-state index in [0.29, 0.717) is 36.7 Å². The van der Waals surface area contributed by atoms with E-state index in [1.165, 1.54) is 26.8 Å². The Balaban J connectivity index is 1.34. The van der Waals surface area contributed by atoms with Crippen molar-refractivity contribution in [3.8, 4) is 0 Å². The molecule has 1 saturated heterocycles. The van der Waals surface area contributed by atoms with Crippen molar-refractivity contribution in [1.82, 2.24) is 9.21 Å². The molecular formula is C21H23BrN2O3S2. The van der Waals surface area contributed by atoms with Crippen LogP contribution in [0.25, 0.3) is 5.57 Å². The number of hydrogen-bond donors (Lipinski definition) is 0. The Morgan fingerprint density at radius 3 is 2.34 bits per heavy atom. The summed E-state index contributed by atoms with van der Waals surface area (Å²) in [5.74, 6) is 0.0625. The number of halogens is 1. The quantitative estimate of drug-likeness (QED) is 0.638. The van der Waals surface area contributed by atoms with Crippen molar-refractivity contribution >= 4 is 48.8 Å². The summed E-state index contributed by atoms with van der Waals surface area (Å²) in [7, 11) is -3.47. The Hall–Kier alpha value is -1.48. The Kier molecular flexibility index (Phi) is 6.24. The summed E-state index contributed by atoms with van der Waals surface area (Å²) in [6.07, 6.45) is 4.16. The van der Waals surface area contributed by atoms with Crippen LogP contribution >= 0.6 is 27.3 Å². The van der Waals surface area contributed by atoms with E-state index in [9.17, 15) is 13.2 Å². The summed E-state index contributed by atoms with van der Waals surface area (Å²) in [5.41, 5.74) is 2.51. The number of piperidine rings is 1. The maximum Gasteiger partial charge on any atom is 0.252 e. The molecule has 2 aromatic rings. The molecule has 0 spiro atoms. The van der Waals surface area contributed by atoms with E-state index in [1.807, 2.05) is 23.1 Å². The van der Waals surface area contributed by atoms with Crippen LogP contribution in [0.5, 0.6) is 0 Å². The Morgan fingerprint density at radius 1 is 1.03 bits per heavy atom. The smallest absolute Gasteiger partial charge is 0.252 e. The van der Waals surface area contributed by atoms with E-state index < -0.39 is 10.0 Å². The largest absolute Gasteiger partial charge is 0.338 e. The zero-order valence-corrected chi connectivity index (χ0v) is 19.2. The average Bonchev–Trinajstić information content (AvgIpc) is 3.21. The minimum Gasteiger partial charge on any atom is -0.338 e. The number of thiophene rings is 1. The van der Waals surface area contributed by atoms with Gasteiger partial charge in [0.05, 0.1) is 3.79 Å². The molecule has 1 amide bonds. The highest BCUT2D eigenvalue weighted by atomic mass is 79.9. The summed E-state index contributed by atoms with van der Waals surface area (Å²) in [4.78, 5) is 14.9. The van der Waals surface area contributed by atoms with Crippen LogP contribution in [-0.4, -0.2) is 49.7 Å². The third-order valence-corrected chi connectivity index (χ3v) is 9.60. The van der Waals surface area contributed by atoms with Crippen LogP contribution in [-0.2, 0) is 14.8 Å². The molecule has 0 aliphatic carbocycles. The number of rotatable bonds is 4. The van der Waals surface area contributed by atoms with Crippen LogP contribution in [0.2, 0.25) is 0 Å². The molecule has 5 nitrogen and oxygen atoms in total. The van der Waals surface area contributed by atoms with Crippen molar-refractivity contribution in [1.29, 1.82) is 0 Å². The molecule has 3 heterocycles. The molecule has 1 aromatic carbocycles. The number of nitrogens with zero attached hydrogens (tertiary/aromatic N) is 2. The van der Waals surface area contributed by atoms with Crippen LogP contribution in [0.4, 0.5) is 0 Å². The fourth-order valence-electron chi connectivity index (χ4n) is 3.95. The Labute approximate surface area is 184 Å². The maximum absolute atomic E-state index is 13.0. The van der Waals surface area contributed by atoms with Crippen molar-refractivity contribution in [3.05, 3.63) is 57.9 Å². The molecule has 0 radical (unpaired) electrons. The van der Waals surface area contributed by atoms with Gasteiger partial charge in [-0.1, -0.05) is 36.4 Å². The first-order chi connectivity index (χ1) is 13.9. The monoisotopic (exact) mass is 494 g/mol. The summed E-state index contributed by atoms with van der Waals surface area (Å²) < 4.78 is 28.2. The number of benzene rings is 1. The van der Waals surface area contributed by atoms with E-state index in [4.69, 9.17) is 0 Å². The van der Waals surface area contributed by atoms with Crippen molar-refractivity contribution in [2.24, 2.45) is 5.92 Å². The Morgan fingerprint density at radius 2 is 1.76 bits per heavy atom. The van der Waals surface area contributed by atoms with Gasteiger partial charge in [-0.3, -0.25) is 4.79 Å². The highest BCUT2D eigenvalue weighted by Gasteiger charge is 2.34. The lowest BCUT2D eigenvalue weighted by Crippen LogP contribution is -2.45. The highest BCUT2D eigenvalue weighted by molar-refractivity contribution is 9.11. The molecule has 154 valence electrons. The lowest BCUT2D eigenvalue weighted by Gasteiger charge is -2.34. The van der Waals surface area contributed by atoms with Gasteiger partial charge in [-0.2, -0.15) is 4.31 Å². The predicted molar refractivity (Wildman–Crippen MR) is 119 cm³/mol. The first kappa shape index (κ1) is 20.8. The predicted octanol–water partition coefficient (Wildman–Crippen LogP) is 4.23. The van der Waals surface area contributed by atoms with Gasteiger partial charge < -0.3 is 4.90 Å². The zero-order valence-electron chi connectivity index (χ0n) is 16.0. The molecule has 1 fully saturated rings. The van der Waals surface area contributed by atoms with Gasteiger partial charge in [0.2, 0.25) is 5.91 Å². The third-order valence-electron chi connectivity index (χ3n) is 5.61. The van der Waals surface area contributed by atoms with E-state index in [-0.39, 0.29) is 11.8 Å². The van der Waals surface area contributed by atoms with E-state index >= 15 is 0 Å².